The van der Waals surface area contributed by atoms with Gasteiger partial charge in [0, 0.05) is 32.8 Å². The number of aliphatic hydroxyl groups is 2. The maximum Gasteiger partial charge on any atom is 1.00 e. The molecule has 0 heterocycles. The average Bonchev–Trinajstić information content (AvgIpc) is 0.876. The summed E-state index contributed by atoms with van der Waals surface area (Å²) in [6.07, 6.45) is 4.34. The van der Waals surface area contributed by atoms with Gasteiger partial charge in [-0.1, -0.05) is 231 Å². The fraction of sp³-hybridized carbons (Fsp3) is 0.356. The van der Waals surface area contributed by atoms with Gasteiger partial charge in [-0.3, -0.25) is 52.6 Å². The number of alkyl halides is 2. The van der Waals surface area contributed by atoms with Gasteiger partial charge in [0.2, 0.25) is 0 Å². The van der Waals surface area contributed by atoms with Crippen LogP contribution in [-0.4, -0.2) is 118 Å². The number of aryl methyl sites for hydroxylation is 2. The Labute approximate surface area is 600 Å². The summed E-state index contributed by atoms with van der Waals surface area (Å²) in [5.74, 6) is -11.0. The zero-order chi connectivity index (χ0) is 66.7. The Morgan fingerprint density at radius 2 is 0.694 bits per heavy atom. The summed E-state index contributed by atoms with van der Waals surface area (Å²) in [6.45, 7) is 9.67. The molecule has 4 aromatic rings. The minimum absolute atomic E-state index is 0. The van der Waals surface area contributed by atoms with Crippen molar-refractivity contribution in [3.8, 4) is 0 Å². The third-order valence-corrected chi connectivity index (χ3v) is 10.1. The SMILES string of the molecule is C.C.C.C.C.C.C.C.CC(=O)C1=CCC(=O)CC1=O.CC(C)(C)[O-].COC(=O)C(=O)C=C(O)C1=CCC(=O)CC1=O.COC(=O)C(=O)OC.Cc1ccccc1.Cc1ccccc1.F.F.FCc1ccccc1.FCc1ccccc1.O=C1CC=C(C(O)=CC(=O)C(=O)O)C(=O)C1.[HH].[Na+]. The first-order chi connectivity index (χ1) is 40.8. The smallest absolute Gasteiger partial charge is 0.850 e. The number of carbonyl (C=O) groups excluding carboxylic acids is 12. The van der Waals surface area contributed by atoms with Gasteiger partial charge in [-0.2, -0.15) is 0 Å². The van der Waals surface area contributed by atoms with E-state index in [1.165, 1.54) is 36.3 Å². The minimum Gasteiger partial charge on any atom is -0.850 e. The molecule has 20 nitrogen and oxygen atoms in total. The van der Waals surface area contributed by atoms with Crippen molar-refractivity contribution in [1.29, 1.82) is 0 Å². The molecule has 25 heteroatoms. The summed E-state index contributed by atoms with van der Waals surface area (Å²) in [5.41, 5.74) is 3.26. The van der Waals surface area contributed by atoms with Gasteiger partial charge in [0.15, 0.2) is 23.1 Å². The predicted molar refractivity (Wildman–Crippen MR) is 373 cm³/mol. The van der Waals surface area contributed by atoms with E-state index in [1.807, 2.05) is 72.8 Å². The summed E-state index contributed by atoms with van der Waals surface area (Å²) in [5, 5.41) is 37.2. The van der Waals surface area contributed by atoms with Crippen LogP contribution >= 0.6 is 0 Å². The molecule has 0 spiro atoms. The van der Waals surface area contributed by atoms with E-state index >= 15 is 0 Å². The van der Waals surface area contributed by atoms with Crippen molar-refractivity contribution < 1.29 is 146 Å². The number of carboxylic acid groups (broad SMARTS) is 1. The fourth-order valence-corrected chi connectivity index (χ4v) is 5.86. The van der Waals surface area contributed by atoms with Crippen molar-refractivity contribution in [3.63, 3.8) is 0 Å². The molecule has 7 rings (SSSR count). The molecule has 0 atom stereocenters. The quantitative estimate of drug-likeness (QED) is 0.0161. The van der Waals surface area contributed by atoms with E-state index in [0.717, 1.165) is 32.5 Å². The molecule has 3 aliphatic carbocycles. The summed E-state index contributed by atoms with van der Waals surface area (Å²) in [7, 11) is 3.24. The maximum atomic E-state index is 11.7. The Bertz CT molecular complexity index is 3050. The Kier molecular flexibility index (Phi) is 82.3. The number of carbonyl (C=O) groups is 13. The largest absolute Gasteiger partial charge is 1.00 e. The van der Waals surface area contributed by atoms with Crippen LogP contribution in [0.1, 0.15) is 149 Å². The number of esters is 3. The fourth-order valence-electron chi connectivity index (χ4n) is 5.86. The normalized spacial score (nSPS) is 11.7. The standard InChI is InChI=1S/C11H10O6.C10H8O6.C8H8O3.2C7H7F.2C7H8.C4H6O4.C4H9O.8CH4.2FH.Na.H2/c1-17-11(16)10(15)5-9(14)7-3-2-6(12)4-8(7)13;11-5-1-2-6(7(12)3-5)8(13)4-9(14)10(15)16;1-5(9)7-3-2-6(10)4-8(7)11;2*8-6-7-4-2-1-3-5-7;2*1-7-5-3-2-4-6-7;1-7-3(5)4(6)8-2;1-4(2,3)5;;;;;;;;;;;;/h3,5,14H,2,4H2,1H3;2,4,13H,1,3H2,(H,15,16);3H,2,4H2,1H3;2*1-5H,6H2;2*2-6H,1H3;1-2H3;1-3H3;8*1H4;2*1H;;1H/q;;;;;;;;-1;;;;;;;;;;;+1;. The molecular formula is C73H107F4NaO20. The first-order valence-electron chi connectivity index (χ1n) is 25.9. The number of Topliss-reactive ketones (excluding diaryl/α,β-unsaturated/α-hetero) is 7. The second kappa shape index (κ2) is 67.7. The number of allylic oxidation sites excluding steroid dienone is 6. The van der Waals surface area contributed by atoms with Crippen LogP contribution in [0.5, 0.6) is 0 Å². The van der Waals surface area contributed by atoms with Gasteiger partial charge in [-0.15, -0.1) is 5.60 Å². The first kappa shape index (κ1) is 119. The van der Waals surface area contributed by atoms with Gasteiger partial charge < -0.3 is 34.6 Å². The molecule has 3 N–H and O–H groups in total. The van der Waals surface area contributed by atoms with E-state index in [9.17, 15) is 86.4 Å². The van der Waals surface area contributed by atoms with E-state index in [-0.39, 0.29) is 197 Å². The van der Waals surface area contributed by atoms with Crippen LogP contribution in [0, 0.1) is 13.8 Å². The van der Waals surface area contributed by atoms with Crippen LogP contribution < -0.4 is 34.7 Å². The van der Waals surface area contributed by atoms with Crippen LogP contribution in [-0.2, 0) is 89.9 Å². The molecule has 0 bridgehead atoms. The summed E-state index contributed by atoms with van der Waals surface area (Å²) >= 11 is 0. The molecule has 0 saturated heterocycles. The third kappa shape index (κ3) is 59.3. The van der Waals surface area contributed by atoms with Crippen LogP contribution in [0.4, 0.5) is 18.2 Å². The molecule has 98 heavy (non-hydrogen) atoms. The number of ether oxygens (including phenoxy) is 3. The molecule has 0 radical (unpaired) electrons. The van der Waals surface area contributed by atoms with Gasteiger partial charge in [0.05, 0.1) is 57.3 Å². The number of hydrogen-bond donors (Lipinski definition) is 3. The van der Waals surface area contributed by atoms with Crippen LogP contribution in [0.3, 0.4) is 0 Å². The molecule has 0 aliphatic heterocycles. The van der Waals surface area contributed by atoms with Gasteiger partial charge in [-0.05, 0) is 31.9 Å². The molecule has 0 saturated carbocycles. The molecular weight excluding hydrogens is 1300 g/mol. The monoisotopic (exact) mass is 1400 g/mol. The van der Waals surface area contributed by atoms with E-state index in [4.69, 9.17) is 5.11 Å². The zero-order valence-corrected chi connectivity index (χ0v) is 53.4. The van der Waals surface area contributed by atoms with Gasteiger partial charge in [0.1, 0.15) is 42.2 Å². The number of carboxylic acids is 1. The molecule has 0 amide bonds. The summed E-state index contributed by atoms with van der Waals surface area (Å²) in [4.78, 5) is 140. The Balaban J connectivity index is -0.0000000689. The molecule has 0 aromatic heterocycles. The van der Waals surface area contributed by atoms with Gasteiger partial charge in [0.25, 0.3) is 11.6 Å². The van der Waals surface area contributed by atoms with Gasteiger partial charge in [-0.25, -0.2) is 28.0 Å². The number of aliphatic hydroxyl groups excluding tert-OH is 2. The van der Waals surface area contributed by atoms with Crippen molar-refractivity contribution in [2.75, 3.05) is 21.3 Å². The van der Waals surface area contributed by atoms with E-state index in [1.54, 1.807) is 45.0 Å². The Morgan fingerprint density at radius 3 is 0.878 bits per heavy atom. The van der Waals surface area contributed by atoms with Crippen molar-refractivity contribution in [1.82, 2.24) is 0 Å². The Hall–Kier alpha value is -9.23. The Morgan fingerprint density at radius 1 is 0.459 bits per heavy atom. The number of benzene rings is 4. The maximum absolute atomic E-state index is 11.7. The zero-order valence-electron chi connectivity index (χ0n) is 51.4. The van der Waals surface area contributed by atoms with Gasteiger partial charge >= 0.3 is 53.4 Å². The minimum atomic E-state index is -1.73. The van der Waals surface area contributed by atoms with Crippen LogP contribution in [0.2, 0.25) is 0 Å². The van der Waals surface area contributed by atoms with Crippen molar-refractivity contribution in [2.24, 2.45) is 0 Å². The summed E-state index contributed by atoms with van der Waals surface area (Å²) < 4.78 is 35.6. The van der Waals surface area contributed by atoms with Crippen LogP contribution in [0.15, 0.2) is 180 Å². The average molecular weight is 1400 g/mol. The van der Waals surface area contributed by atoms with E-state index in [2.05, 4.69) is 52.3 Å². The van der Waals surface area contributed by atoms with Crippen molar-refractivity contribution in [2.45, 2.75) is 158 Å². The second-order valence-corrected chi connectivity index (χ2v) is 18.7. The number of rotatable bonds is 9. The molecule has 4 aromatic carbocycles. The van der Waals surface area contributed by atoms with Crippen LogP contribution in [0.25, 0.3) is 0 Å². The number of aliphatic carboxylic acids is 1. The van der Waals surface area contributed by atoms with Crippen molar-refractivity contribution >= 4 is 75.9 Å². The number of halogens is 4. The molecule has 0 fully saturated rings. The van der Waals surface area contributed by atoms with E-state index < -0.39 is 64.1 Å². The second-order valence-electron chi connectivity index (χ2n) is 18.7. The van der Waals surface area contributed by atoms with E-state index in [0.29, 0.717) is 12.2 Å². The predicted octanol–water partition coefficient (Wildman–Crippen LogP) is 10.8. The van der Waals surface area contributed by atoms with Crippen molar-refractivity contribution in [3.05, 3.63) is 202 Å². The number of ketones is 9. The molecule has 3 aliphatic rings. The third-order valence-electron chi connectivity index (χ3n) is 10.1. The first-order valence-corrected chi connectivity index (χ1v) is 25.9. The summed E-state index contributed by atoms with van der Waals surface area (Å²) in [6, 6.07) is 38.6. The topological polar surface area (TPSA) is 333 Å². The number of methoxy groups -OCH3 is 3. The number of hydrogen-bond acceptors (Lipinski definition) is 19. The molecule has 0 unspecified atom stereocenters. The molecule has 548 valence electrons.